The number of nitrogens with one attached hydrogen (secondary N) is 1. The molecule has 0 saturated carbocycles. The molecule has 152 valence electrons. The number of carbonyl (C=O) groups excluding carboxylic acids is 3. The van der Waals surface area contributed by atoms with E-state index in [0.29, 0.717) is 29.0 Å². The van der Waals surface area contributed by atoms with Crippen LogP contribution in [0.1, 0.15) is 53.5 Å². The van der Waals surface area contributed by atoms with E-state index in [2.05, 4.69) is 26.1 Å². The summed E-state index contributed by atoms with van der Waals surface area (Å²) in [6.45, 7) is 6.23. The first-order valence-electron chi connectivity index (χ1n) is 9.62. The number of hydrogen-bond acceptors (Lipinski definition) is 4. The van der Waals surface area contributed by atoms with Gasteiger partial charge < -0.3 is 5.32 Å². The Morgan fingerprint density at radius 3 is 2.10 bits per heavy atom. The molecule has 0 saturated heterocycles. The number of imide groups is 1. The maximum absolute atomic E-state index is 13.3. The monoisotopic (exact) mass is 410 g/mol. The zero-order valence-corrected chi connectivity index (χ0v) is 18.0. The van der Waals surface area contributed by atoms with Crippen LogP contribution in [-0.4, -0.2) is 40.7 Å². The summed E-state index contributed by atoms with van der Waals surface area (Å²) in [6, 6.07) is 13.5. The highest BCUT2D eigenvalue weighted by Crippen LogP contribution is 2.31. The van der Waals surface area contributed by atoms with Crippen LogP contribution in [0.3, 0.4) is 0 Å². The van der Waals surface area contributed by atoms with E-state index in [4.69, 9.17) is 0 Å². The molecule has 1 aliphatic rings. The van der Waals surface area contributed by atoms with E-state index in [-0.39, 0.29) is 11.3 Å². The molecule has 0 fully saturated rings. The van der Waals surface area contributed by atoms with E-state index in [1.165, 1.54) is 0 Å². The van der Waals surface area contributed by atoms with Crippen molar-refractivity contribution in [2.24, 2.45) is 0 Å². The summed E-state index contributed by atoms with van der Waals surface area (Å²) in [6.07, 6.45) is 2.34. The second kappa shape index (κ2) is 8.41. The normalized spacial score (nSPS) is 14.7. The minimum Gasteiger partial charge on any atom is -0.324 e. The average molecular weight is 411 g/mol. The van der Waals surface area contributed by atoms with E-state index >= 15 is 0 Å². The summed E-state index contributed by atoms with van der Waals surface area (Å²) < 4.78 is 0. The summed E-state index contributed by atoms with van der Waals surface area (Å²) in [4.78, 5) is 40.2. The Morgan fingerprint density at radius 2 is 1.55 bits per heavy atom. The highest BCUT2D eigenvalue weighted by atomic mass is 32.2. The number of thioether (sulfide) groups is 1. The van der Waals surface area contributed by atoms with E-state index in [9.17, 15) is 14.4 Å². The lowest BCUT2D eigenvalue weighted by molar-refractivity contribution is -0.120. The maximum atomic E-state index is 13.3. The molecular weight excluding hydrogens is 384 g/mol. The molecule has 1 atom stereocenters. The predicted molar refractivity (Wildman–Crippen MR) is 118 cm³/mol. The van der Waals surface area contributed by atoms with E-state index < -0.39 is 17.9 Å². The quantitative estimate of drug-likeness (QED) is 0.720. The molecule has 1 heterocycles. The fourth-order valence-corrected chi connectivity index (χ4v) is 4.02. The van der Waals surface area contributed by atoms with Crippen LogP contribution in [0.5, 0.6) is 0 Å². The zero-order chi connectivity index (χ0) is 21.2. The highest BCUT2D eigenvalue weighted by Gasteiger charge is 2.42. The van der Waals surface area contributed by atoms with Gasteiger partial charge in [0.05, 0.1) is 11.1 Å². The van der Waals surface area contributed by atoms with Gasteiger partial charge in [-0.1, -0.05) is 51.1 Å². The molecule has 0 bridgehead atoms. The van der Waals surface area contributed by atoms with Gasteiger partial charge in [0.15, 0.2) is 0 Å². The van der Waals surface area contributed by atoms with Gasteiger partial charge in [0.2, 0.25) is 5.91 Å². The molecule has 6 heteroatoms. The number of nitrogens with zero attached hydrogens (tertiary/aromatic N) is 1. The minimum absolute atomic E-state index is 0.159. The SMILES string of the molecule is CSCC[C@@H](C(=O)Nc1ccccc1C(C)(C)C)N1C(=O)c2ccccc2C1=O. The average Bonchev–Trinajstić information content (AvgIpc) is 2.93. The molecular formula is C23H26N2O3S. The third kappa shape index (κ3) is 4.22. The molecule has 2 aromatic rings. The number of hydrogen-bond donors (Lipinski definition) is 1. The first-order chi connectivity index (χ1) is 13.8. The van der Waals surface area contributed by atoms with Crippen LogP contribution in [0.25, 0.3) is 0 Å². The first-order valence-corrected chi connectivity index (χ1v) is 11.0. The summed E-state index contributed by atoms with van der Waals surface area (Å²) in [5.74, 6) is -0.496. The van der Waals surface area contributed by atoms with Gasteiger partial charge in [-0.15, -0.1) is 0 Å². The number of anilines is 1. The van der Waals surface area contributed by atoms with Crippen LogP contribution in [0, 0.1) is 0 Å². The smallest absolute Gasteiger partial charge is 0.262 e. The Hall–Kier alpha value is -2.60. The molecule has 0 aliphatic carbocycles. The van der Waals surface area contributed by atoms with E-state index in [0.717, 1.165) is 10.5 Å². The van der Waals surface area contributed by atoms with Crippen molar-refractivity contribution >= 4 is 35.2 Å². The first kappa shape index (κ1) is 21.1. The van der Waals surface area contributed by atoms with Gasteiger partial charge in [0, 0.05) is 5.69 Å². The van der Waals surface area contributed by atoms with Crippen molar-refractivity contribution in [3.63, 3.8) is 0 Å². The maximum Gasteiger partial charge on any atom is 0.262 e. The second-order valence-electron chi connectivity index (χ2n) is 8.11. The largest absolute Gasteiger partial charge is 0.324 e. The summed E-state index contributed by atoms with van der Waals surface area (Å²) in [7, 11) is 0. The van der Waals surface area contributed by atoms with Crippen molar-refractivity contribution in [2.75, 3.05) is 17.3 Å². The third-order valence-electron chi connectivity index (χ3n) is 5.03. The number of amides is 3. The molecule has 0 aromatic heterocycles. The number of fused-ring (bicyclic) bond motifs is 1. The van der Waals surface area contributed by atoms with E-state index in [1.54, 1.807) is 36.0 Å². The van der Waals surface area contributed by atoms with Crippen LogP contribution < -0.4 is 5.32 Å². The summed E-state index contributed by atoms with van der Waals surface area (Å²) >= 11 is 1.58. The third-order valence-corrected chi connectivity index (χ3v) is 5.67. The Kier molecular flexibility index (Phi) is 6.13. The Labute approximate surface area is 175 Å². The van der Waals surface area contributed by atoms with Crippen molar-refractivity contribution in [2.45, 2.75) is 38.6 Å². The van der Waals surface area contributed by atoms with Crippen molar-refractivity contribution in [1.82, 2.24) is 4.90 Å². The second-order valence-corrected chi connectivity index (χ2v) is 9.09. The summed E-state index contributed by atoms with van der Waals surface area (Å²) in [5, 5.41) is 2.98. The van der Waals surface area contributed by atoms with Crippen molar-refractivity contribution < 1.29 is 14.4 Å². The molecule has 29 heavy (non-hydrogen) atoms. The van der Waals surface area contributed by atoms with Crippen molar-refractivity contribution in [3.05, 3.63) is 65.2 Å². The number of rotatable bonds is 6. The number of benzene rings is 2. The Bertz CT molecular complexity index is 914. The molecule has 1 N–H and O–H groups in total. The lowest BCUT2D eigenvalue weighted by Crippen LogP contribution is -2.47. The van der Waals surface area contributed by atoms with E-state index in [1.807, 2.05) is 30.5 Å². The fraction of sp³-hybridized carbons (Fsp3) is 0.348. The zero-order valence-electron chi connectivity index (χ0n) is 17.2. The van der Waals surface area contributed by atoms with Gasteiger partial charge in [-0.3, -0.25) is 19.3 Å². The predicted octanol–water partition coefficient (Wildman–Crippen LogP) is 4.34. The van der Waals surface area contributed by atoms with Crippen molar-refractivity contribution in [3.8, 4) is 0 Å². The van der Waals surface area contributed by atoms with Crippen LogP contribution >= 0.6 is 11.8 Å². The summed E-state index contributed by atoms with van der Waals surface area (Å²) in [5.41, 5.74) is 2.26. The molecule has 3 rings (SSSR count). The van der Waals surface area contributed by atoms with Crippen molar-refractivity contribution in [1.29, 1.82) is 0 Å². The van der Waals surface area contributed by atoms with Crippen LogP contribution in [-0.2, 0) is 10.2 Å². The number of carbonyl (C=O) groups is 3. The molecule has 2 aromatic carbocycles. The van der Waals surface area contributed by atoms with Gasteiger partial charge in [-0.2, -0.15) is 11.8 Å². The molecule has 0 unspecified atom stereocenters. The number of para-hydroxylation sites is 1. The lowest BCUT2D eigenvalue weighted by Gasteiger charge is -2.27. The minimum atomic E-state index is -0.858. The van der Waals surface area contributed by atoms with Crippen LogP contribution in [0.4, 0.5) is 5.69 Å². The lowest BCUT2D eigenvalue weighted by atomic mass is 9.86. The topological polar surface area (TPSA) is 66.5 Å². The molecule has 5 nitrogen and oxygen atoms in total. The Morgan fingerprint density at radius 1 is 1.00 bits per heavy atom. The van der Waals surface area contributed by atoms with Gasteiger partial charge in [-0.05, 0) is 47.6 Å². The van der Waals surface area contributed by atoms with Gasteiger partial charge >= 0.3 is 0 Å². The van der Waals surface area contributed by atoms with Crippen LogP contribution in [0.2, 0.25) is 0 Å². The molecule has 3 amide bonds. The standard InChI is InChI=1S/C23H26N2O3S/c1-23(2,3)17-11-7-8-12-18(17)24-20(26)19(13-14-29-4)25-21(27)15-9-5-6-10-16(15)22(25)28/h5-12,19H,13-14H2,1-4H3,(H,24,26)/t19-/m0/s1. The fourth-order valence-electron chi connectivity index (χ4n) is 3.56. The van der Waals surface area contributed by atoms with Gasteiger partial charge in [-0.25, -0.2) is 0 Å². The van der Waals surface area contributed by atoms with Crippen LogP contribution in [0.15, 0.2) is 48.5 Å². The molecule has 0 radical (unpaired) electrons. The van der Waals surface area contributed by atoms with Gasteiger partial charge in [0.1, 0.15) is 6.04 Å². The molecule has 0 spiro atoms. The van der Waals surface area contributed by atoms with Gasteiger partial charge in [0.25, 0.3) is 11.8 Å². The highest BCUT2D eigenvalue weighted by molar-refractivity contribution is 7.98. The Balaban J connectivity index is 1.92. The molecule has 1 aliphatic heterocycles.